The lowest BCUT2D eigenvalue weighted by Gasteiger charge is -2.18. The molecule has 0 aliphatic heterocycles. The number of thiophene rings is 1. The molecule has 0 aliphatic carbocycles. The summed E-state index contributed by atoms with van der Waals surface area (Å²) >= 11 is 1.67. The molecule has 1 heterocycles. The van der Waals surface area contributed by atoms with E-state index in [2.05, 4.69) is 30.0 Å². The molecule has 1 aromatic heterocycles. The second-order valence-electron chi connectivity index (χ2n) is 4.90. The molecule has 0 bridgehead atoms. The standard InChI is InChI=1S/C17H21FN2S/c1-4-10-20(6-3)12-13-16(11-19-5-2)21-15-9-7-8-14(18)17(13)15/h1,7-9,19H,5-6,10-12H2,2-3H3. The van der Waals surface area contributed by atoms with Gasteiger partial charge in [-0.2, -0.15) is 0 Å². The third-order valence-corrected chi connectivity index (χ3v) is 4.72. The van der Waals surface area contributed by atoms with Crippen LogP contribution in [0.4, 0.5) is 4.39 Å². The van der Waals surface area contributed by atoms with E-state index in [1.54, 1.807) is 17.4 Å². The topological polar surface area (TPSA) is 15.3 Å². The van der Waals surface area contributed by atoms with Gasteiger partial charge in [0.05, 0.1) is 6.54 Å². The Bertz CT molecular complexity index is 642. The molecule has 1 aromatic carbocycles. The normalized spacial score (nSPS) is 11.2. The van der Waals surface area contributed by atoms with Gasteiger partial charge in [0.25, 0.3) is 0 Å². The number of terminal acetylenes is 1. The molecule has 112 valence electrons. The summed E-state index contributed by atoms with van der Waals surface area (Å²) in [4.78, 5) is 3.36. The summed E-state index contributed by atoms with van der Waals surface area (Å²) in [6.07, 6.45) is 5.42. The SMILES string of the molecule is C#CCN(CC)Cc1c(CNCC)sc2cccc(F)c12. The van der Waals surface area contributed by atoms with E-state index in [1.807, 2.05) is 6.07 Å². The van der Waals surface area contributed by atoms with Crippen LogP contribution in [0.3, 0.4) is 0 Å². The minimum atomic E-state index is -0.141. The molecule has 2 aromatic rings. The smallest absolute Gasteiger partial charge is 0.132 e. The molecule has 0 aliphatic rings. The highest BCUT2D eigenvalue weighted by Crippen LogP contribution is 2.34. The minimum Gasteiger partial charge on any atom is -0.312 e. The summed E-state index contributed by atoms with van der Waals surface area (Å²) in [7, 11) is 0. The largest absolute Gasteiger partial charge is 0.312 e. The number of halogens is 1. The maximum atomic E-state index is 14.2. The van der Waals surface area contributed by atoms with Crippen LogP contribution < -0.4 is 5.32 Å². The fourth-order valence-corrected chi connectivity index (χ4v) is 3.60. The Hall–Kier alpha value is -1.41. The Balaban J connectivity index is 2.44. The van der Waals surface area contributed by atoms with Crippen LogP contribution in [0, 0.1) is 18.2 Å². The number of rotatable bonds is 7. The van der Waals surface area contributed by atoms with Gasteiger partial charge in [-0.05, 0) is 30.8 Å². The molecule has 0 saturated heterocycles. The van der Waals surface area contributed by atoms with E-state index in [0.717, 1.165) is 35.3 Å². The Labute approximate surface area is 130 Å². The van der Waals surface area contributed by atoms with Crippen LogP contribution in [0.2, 0.25) is 0 Å². The number of nitrogens with one attached hydrogen (secondary N) is 1. The van der Waals surface area contributed by atoms with Gasteiger partial charge >= 0.3 is 0 Å². The first-order chi connectivity index (χ1) is 10.2. The van der Waals surface area contributed by atoms with Crippen LogP contribution in [0.1, 0.15) is 24.3 Å². The fourth-order valence-electron chi connectivity index (χ4n) is 2.40. The van der Waals surface area contributed by atoms with Crippen molar-refractivity contribution in [3.8, 4) is 12.3 Å². The van der Waals surface area contributed by atoms with Crippen molar-refractivity contribution in [3.05, 3.63) is 34.5 Å². The summed E-state index contributed by atoms with van der Waals surface area (Å²) in [5.41, 5.74) is 1.08. The summed E-state index contributed by atoms with van der Waals surface area (Å²) in [6, 6.07) is 5.29. The van der Waals surface area contributed by atoms with Crippen LogP contribution in [0.25, 0.3) is 10.1 Å². The predicted molar refractivity (Wildman–Crippen MR) is 88.9 cm³/mol. The number of nitrogens with zero attached hydrogens (tertiary/aromatic N) is 1. The lowest BCUT2D eigenvalue weighted by atomic mass is 10.1. The van der Waals surface area contributed by atoms with Gasteiger partial charge in [-0.3, -0.25) is 4.90 Å². The summed E-state index contributed by atoms with van der Waals surface area (Å²) in [5.74, 6) is 2.54. The molecular weight excluding hydrogens is 283 g/mol. The van der Waals surface area contributed by atoms with Crippen molar-refractivity contribution in [2.45, 2.75) is 26.9 Å². The van der Waals surface area contributed by atoms with Gasteiger partial charge in [-0.25, -0.2) is 4.39 Å². The third-order valence-electron chi connectivity index (χ3n) is 3.53. The Morgan fingerprint density at radius 3 is 2.86 bits per heavy atom. The van der Waals surface area contributed by atoms with E-state index in [0.29, 0.717) is 13.1 Å². The van der Waals surface area contributed by atoms with Gasteiger partial charge < -0.3 is 5.32 Å². The minimum absolute atomic E-state index is 0.141. The van der Waals surface area contributed by atoms with E-state index in [4.69, 9.17) is 6.42 Å². The van der Waals surface area contributed by atoms with Crippen LogP contribution >= 0.6 is 11.3 Å². The zero-order chi connectivity index (χ0) is 15.2. The number of hydrogen-bond acceptors (Lipinski definition) is 3. The molecule has 2 rings (SSSR count). The van der Waals surface area contributed by atoms with E-state index in [9.17, 15) is 4.39 Å². The highest BCUT2D eigenvalue weighted by atomic mass is 32.1. The Morgan fingerprint density at radius 1 is 1.38 bits per heavy atom. The second kappa shape index (κ2) is 7.56. The first-order valence-corrected chi connectivity index (χ1v) is 8.08. The van der Waals surface area contributed by atoms with Crippen LogP contribution in [-0.4, -0.2) is 24.5 Å². The summed E-state index contributed by atoms with van der Waals surface area (Å²) in [5, 5.41) is 4.09. The average molecular weight is 304 g/mol. The molecule has 2 nitrogen and oxygen atoms in total. The number of fused-ring (bicyclic) bond motifs is 1. The van der Waals surface area contributed by atoms with E-state index in [1.165, 1.54) is 10.9 Å². The van der Waals surface area contributed by atoms with Crippen molar-refractivity contribution in [3.63, 3.8) is 0 Å². The summed E-state index contributed by atoms with van der Waals surface area (Å²) < 4.78 is 15.3. The van der Waals surface area contributed by atoms with Gasteiger partial charge in [-0.15, -0.1) is 17.8 Å². The first-order valence-electron chi connectivity index (χ1n) is 7.26. The van der Waals surface area contributed by atoms with Crippen molar-refractivity contribution >= 4 is 21.4 Å². The van der Waals surface area contributed by atoms with Gasteiger partial charge in [0.15, 0.2) is 0 Å². The Kier molecular flexibility index (Phi) is 5.75. The molecule has 1 N–H and O–H groups in total. The van der Waals surface area contributed by atoms with Crippen molar-refractivity contribution in [1.29, 1.82) is 0 Å². The van der Waals surface area contributed by atoms with Crippen molar-refractivity contribution < 1.29 is 4.39 Å². The van der Waals surface area contributed by atoms with Crippen LogP contribution in [-0.2, 0) is 13.1 Å². The van der Waals surface area contributed by atoms with Gasteiger partial charge in [0.1, 0.15) is 5.82 Å². The van der Waals surface area contributed by atoms with Gasteiger partial charge in [0.2, 0.25) is 0 Å². The zero-order valence-electron chi connectivity index (χ0n) is 12.6. The maximum absolute atomic E-state index is 14.2. The number of hydrogen-bond donors (Lipinski definition) is 1. The van der Waals surface area contributed by atoms with Crippen molar-refractivity contribution in [2.75, 3.05) is 19.6 Å². The van der Waals surface area contributed by atoms with Gasteiger partial charge in [-0.1, -0.05) is 25.8 Å². The monoisotopic (exact) mass is 304 g/mol. The number of benzene rings is 1. The Morgan fingerprint density at radius 2 is 2.19 bits per heavy atom. The molecular formula is C17H21FN2S. The molecule has 0 saturated carbocycles. The summed E-state index contributed by atoms with van der Waals surface area (Å²) in [6.45, 7) is 7.97. The second-order valence-corrected chi connectivity index (χ2v) is 6.04. The van der Waals surface area contributed by atoms with Crippen LogP contribution in [0.5, 0.6) is 0 Å². The van der Waals surface area contributed by atoms with Crippen molar-refractivity contribution in [1.82, 2.24) is 10.2 Å². The van der Waals surface area contributed by atoms with Crippen LogP contribution in [0.15, 0.2) is 18.2 Å². The van der Waals surface area contributed by atoms with Crippen molar-refractivity contribution in [2.24, 2.45) is 0 Å². The molecule has 0 amide bonds. The molecule has 0 unspecified atom stereocenters. The molecule has 0 radical (unpaired) electrons. The van der Waals surface area contributed by atoms with Gasteiger partial charge in [0, 0.05) is 28.1 Å². The molecule has 0 atom stereocenters. The predicted octanol–water partition coefficient (Wildman–Crippen LogP) is 3.61. The lowest BCUT2D eigenvalue weighted by molar-refractivity contribution is 0.316. The first kappa shape index (κ1) is 16.0. The third kappa shape index (κ3) is 3.62. The molecule has 21 heavy (non-hydrogen) atoms. The highest BCUT2D eigenvalue weighted by Gasteiger charge is 2.17. The van der Waals surface area contributed by atoms with E-state index in [-0.39, 0.29) is 5.82 Å². The highest BCUT2D eigenvalue weighted by molar-refractivity contribution is 7.19. The zero-order valence-corrected chi connectivity index (χ0v) is 13.4. The quantitative estimate of drug-likeness (QED) is 0.786. The molecule has 0 fully saturated rings. The van der Waals surface area contributed by atoms with E-state index < -0.39 is 0 Å². The molecule has 0 spiro atoms. The van der Waals surface area contributed by atoms with E-state index >= 15 is 0 Å². The fraction of sp³-hybridized carbons (Fsp3) is 0.412. The lowest BCUT2D eigenvalue weighted by Crippen LogP contribution is -2.24. The average Bonchev–Trinajstić information content (AvgIpc) is 2.83. The maximum Gasteiger partial charge on any atom is 0.132 e. The molecule has 4 heteroatoms.